The van der Waals surface area contributed by atoms with Gasteiger partial charge in [-0.05, 0) is 56.9 Å². The molecule has 5 nitrogen and oxygen atoms in total. The smallest absolute Gasteiger partial charge is 0.244 e. The molecule has 1 rings (SSSR count). The van der Waals surface area contributed by atoms with Crippen LogP contribution in [-0.2, 0) is 14.8 Å². The molecule has 0 heterocycles. The Balaban J connectivity index is 3.08. The van der Waals surface area contributed by atoms with E-state index in [-0.39, 0.29) is 11.3 Å². The van der Waals surface area contributed by atoms with Crippen molar-refractivity contribution < 1.29 is 13.2 Å². The minimum atomic E-state index is -3.64. The standard InChI is InChI=1S/C18H29ClN2O3S/c1-13(16(22)20-18(5,6)12-17(2,3)4)21(25(7,23)24)15-10-8-14(19)9-11-15/h8-11,13H,12H2,1-7H3,(H,20,22)/t13-/m1/s1. The largest absolute Gasteiger partial charge is 0.349 e. The van der Waals surface area contributed by atoms with Crippen LogP contribution in [0.5, 0.6) is 0 Å². The van der Waals surface area contributed by atoms with Gasteiger partial charge in [-0.1, -0.05) is 32.4 Å². The van der Waals surface area contributed by atoms with Gasteiger partial charge in [0.05, 0.1) is 11.9 Å². The Hall–Kier alpha value is -1.27. The lowest BCUT2D eigenvalue weighted by atomic mass is 9.81. The van der Waals surface area contributed by atoms with E-state index in [1.807, 2.05) is 13.8 Å². The van der Waals surface area contributed by atoms with Crippen molar-refractivity contribution in [1.82, 2.24) is 5.32 Å². The van der Waals surface area contributed by atoms with Crippen molar-refractivity contribution in [2.75, 3.05) is 10.6 Å². The first kappa shape index (κ1) is 21.8. The van der Waals surface area contributed by atoms with Gasteiger partial charge in [-0.2, -0.15) is 0 Å². The molecule has 1 aromatic rings. The second-order valence-electron chi connectivity index (χ2n) is 8.32. The number of halogens is 1. The fraction of sp³-hybridized carbons (Fsp3) is 0.611. The zero-order chi connectivity index (χ0) is 19.6. The third-order valence-corrected chi connectivity index (χ3v) is 5.10. The van der Waals surface area contributed by atoms with E-state index in [0.717, 1.165) is 17.0 Å². The minimum absolute atomic E-state index is 0.0344. The van der Waals surface area contributed by atoms with Crippen LogP contribution in [0.15, 0.2) is 24.3 Å². The zero-order valence-corrected chi connectivity index (χ0v) is 17.6. The monoisotopic (exact) mass is 388 g/mol. The highest BCUT2D eigenvalue weighted by Crippen LogP contribution is 2.28. The van der Waals surface area contributed by atoms with Crippen LogP contribution in [0.1, 0.15) is 48.0 Å². The van der Waals surface area contributed by atoms with Crippen LogP contribution in [0.2, 0.25) is 5.02 Å². The van der Waals surface area contributed by atoms with Crippen molar-refractivity contribution in [3.05, 3.63) is 29.3 Å². The summed E-state index contributed by atoms with van der Waals surface area (Å²) in [5.74, 6) is -0.338. The lowest BCUT2D eigenvalue weighted by molar-refractivity contribution is -0.123. The first-order chi connectivity index (χ1) is 11.1. The number of benzene rings is 1. The fourth-order valence-corrected chi connectivity index (χ4v) is 4.51. The summed E-state index contributed by atoms with van der Waals surface area (Å²) in [4.78, 5) is 12.7. The van der Waals surface area contributed by atoms with Gasteiger partial charge in [0.25, 0.3) is 0 Å². The van der Waals surface area contributed by atoms with E-state index in [2.05, 4.69) is 26.1 Å². The van der Waals surface area contributed by atoms with E-state index in [9.17, 15) is 13.2 Å². The molecule has 7 heteroatoms. The number of rotatable bonds is 6. The number of carbonyl (C=O) groups is 1. The van der Waals surface area contributed by atoms with Crippen LogP contribution in [0, 0.1) is 5.41 Å². The number of hydrogen-bond donors (Lipinski definition) is 1. The van der Waals surface area contributed by atoms with Gasteiger partial charge in [-0.25, -0.2) is 8.42 Å². The van der Waals surface area contributed by atoms with Crippen LogP contribution in [0.4, 0.5) is 5.69 Å². The lowest BCUT2D eigenvalue weighted by Gasteiger charge is -2.36. The second kappa shape index (κ2) is 7.54. The predicted octanol–water partition coefficient (Wildman–Crippen LogP) is 3.83. The van der Waals surface area contributed by atoms with E-state index in [4.69, 9.17) is 11.6 Å². The molecule has 0 aliphatic rings. The van der Waals surface area contributed by atoms with Crippen LogP contribution in [0.3, 0.4) is 0 Å². The quantitative estimate of drug-likeness (QED) is 0.805. The Bertz CT molecular complexity index is 707. The molecular weight excluding hydrogens is 360 g/mol. The predicted molar refractivity (Wildman–Crippen MR) is 105 cm³/mol. The molecule has 1 atom stereocenters. The van der Waals surface area contributed by atoms with Gasteiger partial charge in [0.15, 0.2) is 0 Å². The molecule has 0 spiro atoms. The summed E-state index contributed by atoms with van der Waals surface area (Å²) in [5.41, 5.74) is -0.0115. The topological polar surface area (TPSA) is 66.5 Å². The van der Waals surface area contributed by atoms with Crippen molar-refractivity contribution in [2.45, 2.75) is 59.5 Å². The van der Waals surface area contributed by atoms with Crippen molar-refractivity contribution >= 4 is 33.2 Å². The Morgan fingerprint density at radius 1 is 1.16 bits per heavy atom. The first-order valence-electron chi connectivity index (χ1n) is 8.19. The molecule has 1 N–H and O–H groups in total. The Labute approximate surface area is 156 Å². The molecule has 142 valence electrons. The van der Waals surface area contributed by atoms with Crippen LogP contribution < -0.4 is 9.62 Å². The van der Waals surface area contributed by atoms with Gasteiger partial charge in [0.2, 0.25) is 15.9 Å². The van der Waals surface area contributed by atoms with Gasteiger partial charge in [-0.3, -0.25) is 9.10 Å². The molecular formula is C18H29ClN2O3S. The number of hydrogen-bond acceptors (Lipinski definition) is 3. The summed E-state index contributed by atoms with van der Waals surface area (Å²) in [6.45, 7) is 11.8. The van der Waals surface area contributed by atoms with Crippen LogP contribution >= 0.6 is 11.6 Å². The molecule has 0 bridgehead atoms. The normalized spacial score (nSPS) is 14.1. The van der Waals surface area contributed by atoms with Gasteiger partial charge in [0, 0.05) is 10.6 Å². The maximum Gasteiger partial charge on any atom is 0.244 e. The Kier molecular flexibility index (Phi) is 6.57. The highest BCUT2D eigenvalue weighted by atomic mass is 35.5. The summed E-state index contributed by atoms with van der Waals surface area (Å²) in [6, 6.07) is 5.50. The van der Waals surface area contributed by atoms with Crippen molar-refractivity contribution in [3.63, 3.8) is 0 Å². The summed E-state index contributed by atoms with van der Waals surface area (Å²) in [5, 5.41) is 3.48. The average molecular weight is 389 g/mol. The van der Waals surface area contributed by atoms with Crippen molar-refractivity contribution in [2.24, 2.45) is 5.41 Å². The van der Waals surface area contributed by atoms with Gasteiger partial charge in [0.1, 0.15) is 6.04 Å². The molecule has 25 heavy (non-hydrogen) atoms. The third-order valence-electron chi connectivity index (χ3n) is 3.60. The number of amides is 1. The van der Waals surface area contributed by atoms with Gasteiger partial charge >= 0.3 is 0 Å². The van der Waals surface area contributed by atoms with E-state index in [1.165, 1.54) is 0 Å². The Morgan fingerprint density at radius 2 is 1.64 bits per heavy atom. The second-order valence-corrected chi connectivity index (χ2v) is 10.6. The SMILES string of the molecule is C[C@H](C(=O)NC(C)(C)CC(C)(C)C)N(c1ccc(Cl)cc1)S(C)(=O)=O. The van der Waals surface area contributed by atoms with Gasteiger partial charge in [-0.15, -0.1) is 0 Å². The molecule has 0 saturated carbocycles. The molecule has 1 amide bonds. The fourth-order valence-electron chi connectivity index (χ4n) is 3.20. The summed E-state index contributed by atoms with van der Waals surface area (Å²) in [6.07, 6.45) is 1.85. The molecule has 0 aliphatic carbocycles. The molecule has 0 aromatic heterocycles. The third kappa shape index (κ3) is 6.86. The molecule has 0 radical (unpaired) electrons. The number of sulfonamides is 1. The molecule has 1 aromatic carbocycles. The average Bonchev–Trinajstić information content (AvgIpc) is 2.36. The highest BCUT2D eigenvalue weighted by Gasteiger charge is 2.33. The number of nitrogens with one attached hydrogen (secondary N) is 1. The number of nitrogens with zero attached hydrogens (tertiary/aromatic N) is 1. The van der Waals surface area contributed by atoms with Crippen LogP contribution in [0.25, 0.3) is 0 Å². The summed E-state index contributed by atoms with van der Waals surface area (Å²) < 4.78 is 25.7. The maximum atomic E-state index is 12.7. The van der Waals surface area contributed by atoms with Crippen LogP contribution in [-0.4, -0.2) is 32.2 Å². The summed E-state index contributed by atoms with van der Waals surface area (Å²) in [7, 11) is -3.64. The van der Waals surface area contributed by atoms with Crippen molar-refractivity contribution in [1.29, 1.82) is 0 Å². The van der Waals surface area contributed by atoms with Crippen molar-refractivity contribution in [3.8, 4) is 0 Å². The lowest BCUT2D eigenvalue weighted by Crippen LogP contribution is -2.54. The van der Waals surface area contributed by atoms with Gasteiger partial charge < -0.3 is 5.32 Å². The molecule has 0 unspecified atom stereocenters. The Morgan fingerprint density at radius 3 is 2.04 bits per heavy atom. The first-order valence-corrected chi connectivity index (χ1v) is 10.4. The highest BCUT2D eigenvalue weighted by molar-refractivity contribution is 7.92. The zero-order valence-electron chi connectivity index (χ0n) is 16.1. The molecule has 0 aliphatic heterocycles. The molecule has 0 fully saturated rings. The van der Waals surface area contributed by atoms with E-state index < -0.39 is 21.6 Å². The van der Waals surface area contributed by atoms with E-state index in [1.54, 1.807) is 31.2 Å². The minimum Gasteiger partial charge on any atom is -0.349 e. The number of anilines is 1. The summed E-state index contributed by atoms with van der Waals surface area (Å²) >= 11 is 5.87. The maximum absolute atomic E-state index is 12.7. The molecule has 0 saturated heterocycles. The van der Waals surface area contributed by atoms with E-state index >= 15 is 0 Å². The van der Waals surface area contributed by atoms with E-state index in [0.29, 0.717) is 10.7 Å². The number of carbonyl (C=O) groups excluding carboxylic acids is 1.